The van der Waals surface area contributed by atoms with E-state index in [4.69, 9.17) is 0 Å². The topological polar surface area (TPSA) is 62.3 Å². The number of aromatic nitrogens is 1. The van der Waals surface area contributed by atoms with Crippen LogP contribution in [0.2, 0.25) is 0 Å². The zero-order valence-corrected chi connectivity index (χ0v) is 15.6. The van der Waals surface area contributed by atoms with Crippen LogP contribution >= 0.6 is 0 Å². The number of rotatable bonds is 6. The van der Waals surface area contributed by atoms with Crippen LogP contribution in [0.4, 0.5) is 5.82 Å². The second-order valence-electron chi connectivity index (χ2n) is 7.16. The lowest BCUT2D eigenvalue weighted by atomic mass is 10.1. The van der Waals surface area contributed by atoms with E-state index in [9.17, 15) is 8.42 Å². The van der Waals surface area contributed by atoms with Crippen LogP contribution in [0, 0.1) is 5.92 Å². The number of nitrogens with zero attached hydrogens (tertiary/aromatic N) is 2. The molecular weight excluding hydrogens is 310 g/mol. The predicted octanol–water partition coefficient (Wildman–Crippen LogP) is 3.49. The number of nitrogens with one attached hydrogen (secondary N) is 1. The van der Waals surface area contributed by atoms with E-state index in [0.29, 0.717) is 6.04 Å². The Labute approximate surface area is 140 Å². The van der Waals surface area contributed by atoms with Gasteiger partial charge in [0.1, 0.15) is 10.7 Å². The molecule has 0 bridgehead atoms. The molecule has 1 aromatic rings. The minimum atomic E-state index is -3.51. The molecule has 5 nitrogen and oxygen atoms in total. The van der Waals surface area contributed by atoms with E-state index in [1.165, 1.54) is 16.9 Å². The second kappa shape index (κ2) is 7.18. The second-order valence-corrected chi connectivity index (χ2v) is 9.00. The third kappa shape index (κ3) is 4.23. The summed E-state index contributed by atoms with van der Waals surface area (Å²) in [5.74, 6) is 1.50. The fourth-order valence-electron chi connectivity index (χ4n) is 3.44. The highest BCUT2D eigenvalue weighted by molar-refractivity contribution is 7.89. The van der Waals surface area contributed by atoms with E-state index in [0.717, 1.165) is 24.6 Å². The SMILES string of the molecule is CC1CCC(Nc2ccc(S(=O)(=O)N(C(C)C)C(C)C)cn2)C1. The third-order valence-electron chi connectivity index (χ3n) is 4.38. The van der Waals surface area contributed by atoms with Gasteiger partial charge in [0.2, 0.25) is 10.0 Å². The summed E-state index contributed by atoms with van der Waals surface area (Å²) in [6.07, 6.45) is 5.00. The fourth-order valence-corrected chi connectivity index (χ4v) is 5.22. The third-order valence-corrected chi connectivity index (χ3v) is 6.61. The van der Waals surface area contributed by atoms with Crippen molar-refractivity contribution in [3.05, 3.63) is 18.3 Å². The van der Waals surface area contributed by atoms with Crippen molar-refractivity contribution < 1.29 is 8.42 Å². The van der Waals surface area contributed by atoms with E-state index >= 15 is 0 Å². The normalized spacial score (nSPS) is 22.3. The van der Waals surface area contributed by atoms with Crippen molar-refractivity contribution in [2.75, 3.05) is 5.32 Å². The van der Waals surface area contributed by atoms with Gasteiger partial charge in [-0.15, -0.1) is 0 Å². The molecule has 1 aliphatic rings. The Hall–Kier alpha value is -1.14. The maximum absolute atomic E-state index is 12.8. The Morgan fingerprint density at radius 2 is 1.83 bits per heavy atom. The van der Waals surface area contributed by atoms with Crippen molar-refractivity contribution >= 4 is 15.8 Å². The first kappa shape index (κ1) is 18.2. The molecule has 1 aliphatic carbocycles. The molecule has 2 rings (SSSR count). The average Bonchev–Trinajstić information content (AvgIpc) is 2.83. The zero-order valence-electron chi connectivity index (χ0n) is 14.8. The molecule has 1 fully saturated rings. The molecule has 1 saturated carbocycles. The number of pyridine rings is 1. The van der Waals surface area contributed by atoms with E-state index in [1.807, 2.05) is 27.7 Å². The lowest BCUT2D eigenvalue weighted by molar-refractivity contribution is 0.302. The van der Waals surface area contributed by atoms with Crippen LogP contribution in [-0.2, 0) is 10.0 Å². The Morgan fingerprint density at radius 1 is 1.17 bits per heavy atom. The van der Waals surface area contributed by atoms with Crippen molar-refractivity contribution in [3.8, 4) is 0 Å². The summed E-state index contributed by atoms with van der Waals surface area (Å²) in [5, 5.41) is 3.41. The minimum absolute atomic E-state index is 0.0854. The Balaban J connectivity index is 2.14. The van der Waals surface area contributed by atoms with Crippen LogP contribution in [0.3, 0.4) is 0 Å². The Bertz CT molecular complexity index is 603. The molecule has 130 valence electrons. The van der Waals surface area contributed by atoms with E-state index in [1.54, 1.807) is 12.1 Å². The van der Waals surface area contributed by atoms with Crippen LogP contribution in [0.1, 0.15) is 53.9 Å². The van der Waals surface area contributed by atoms with Gasteiger partial charge in [-0.25, -0.2) is 13.4 Å². The quantitative estimate of drug-likeness (QED) is 0.862. The van der Waals surface area contributed by atoms with Crippen LogP contribution in [0.15, 0.2) is 23.2 Å². The summed E-state index contributed by atoms with van der Waals surface area (Å²) in [5.41, 5.74) is 0. The molecule has 1 heterocycles. The van der Waals surface area contributed by atoms with Gasteiger partial charge in [0, 0.05) is 24.3 Å². The first-order valence-corrected chi connectivity index (χ1v) is 9.92. The zero-order chi connectivity index (χ0) is 17.2. The summed E-state index contributed by atoms with van der Waals surface area (Å²) in [6, 6.07) is 3.70. The highest BCUT2D eigenvalue weighted by atomic mass is 32.2. The van der Waals surface area contributed by atoms with Crippen molar-refractivity contribution in [1.82, 2.24) is 9.29 Å². The molecule has 0 aliphatic heterocycles. The smallest absolute Gasteiger partial charge is 0.245 e. The number of anilines is 1. The van der Waals surface area contributed by atoms with Crippen LogP contribution in [-0.4, -0.2) is 35.8 Å². The highest BCUT2D eigenvalue weighted by Crippen LogP contribution is 2.27. The first-order valence-electron chi connectivity index (χ1n) is 8.48. The van der Waals surface area contributed by atoms with Gasteiger partial charge in [0.25, 0.3) is 0 Å². The van der Waals surface area contributed by atoms with Gasteiger partial charge in [0.15, 0.2) is 0 Å². The first-order chi connectivity index (χ1) is 10.7. The largest absolute Gasteiger partial charge is 0.367 e. The molecule has 0 amide bonds. The molecule has 0 aromatic carbocycles. The average molecular weight is 340 g/mol. The highest BCUT2D eigenvalue weighted by Gasteiger charge is 2.29. The van der Waals surface area contributed by atoms with Gasteiger partial charge in [-0.2, -0.15) is 4.31 Å². The molecule has 6 heteroatoms. The molecular formula is C17H29N3O2S. The maximum Gasteiger partial charge on any atom is 0.245 e. The standard InChI is InChI=1S/C17H29N3O2S/c1-12(2)20(13(3)4)23(21,22)16-8-9-17(18-11-16)19-15-7-6-14(5)10-15/h8-9,11-15H,6-7,10H2,1-5H3,(H,18,19). The molecule has 0 saturated heterocycles. The van der Waals surface area contributed by atoms with Crippen LogP contribution in [0.5, 0.6) is 0 Å². The van der Waals surface area contributed by atoms with Gasteiger partial charge in [-0.3, -0.25) is 0 Å². The monoisotopic (exact) mass is 339 g/mol. The van der Waals surface area contributed by atoms with Gasteiger partial charge in [0.05, 0.1) is 0 Å². The molecule has 0 radical (unpaired) electrons. The van der Waals surface area contributed by atoms with Crippen LogP contribution < -0.4 is 5.32 Å². The van der Waals surface area contributed by atoms with Crippen LogP contribution in [0.25, 0.3) is 0 Å². The van der Waals surface area contributed by atoms with Crippen molar-refractivity contribution in [2.24, 2.45) is 5.92 Å². The maximum atomic E-state index is 12.8. The molecule has 1 N–H and O–H groups in total. The summed E-state index contributed by atoms with van der Waals surface area (Å²) in [4.78, 5) is 4.57. The summed E-state index contributed by atoms with van der Waals surface area (Å²) >= 11 is 0. The fraction of sp³-hybridized carbons (Fsp3) is 0.706. The molecule has 2 atom stereocenters. The Morgan fingerprint density at radius 3 is 2.26 bits per heavy atom. The molecule has 0 spiro atoms. The predicted molar refractivity (Wildman–Crippen MR) is 94.0 cm³/mol. The van der Waals surface area contributed by atoms with E-state index in [2.05, 4.69) is 17.2 Å². The molecule has 1 aromatic heterocycles. The number of hydrogen-bond acceptors (Lipinski definition) is 4. The summed E-state index contributed by atoms with van der Waals surface area (Å²) in [7, 11) is -3.51. The van der Waals surface area contributed by atoms with E-state index < -0.39 is 10.0 Å². The van der Waals surface area contributed by atoms with Crippen molar-refractivity contribution in [2.45, 2.75) is 76.9 Å². The van der Waals surface area contributed by atoms with Crippen molar-refractivity contribution in [1.29, 1.82) is 0 Å². The number of sulfonamides is 1. The Kier molecular flexibility index (Phi) is 5.68. The van der Waals surface area contributed by atoms with Gasteiger partial charge in [-0.05, 0) is 65.0 Å². The molecule has 2 unspecified atom stereocenters. The van der Waals surface area contributed by atoms with Gasteiger partial charge in [-0.1, -0.05) is 6.92 Å². The summed E-state index contributed by atoms with van der Waals surface area (Å²) < 4.78 is 27.1. The molecule has 23 heavy (non-hydrogen) atoms. The van der Waals surface area contributed by atoms with Crippen molar-refractivity contribution in [3.63, 3.8) is 0 Å². The van der Waals surface area contributed by atoms with Gasteiger partial charge >= 0.3 is 0 Å². The van der Waals surface area contributed by atoms with E-state index in [-0.39, 0.29) is 17.0 Å². The lowest BCUT2D eigenvalue weighted by Gasteiger charge is -2.29. The van der Waals surface area contributed by atoms with Gasteiger partial charge < -0.3 is 5.32 Å². The minimum Gasteiger partial charge on any atom is -0.367 e. The lowest BCUT2D eigenvalue weighted by Crippen LogP contribution is -2.41. The summed E-state index contributed by atoms with van der Waals surface area (Å²) in [6.45, 7) is 9.83. The number of hydrogen-bond donors (Lipinski definition) is 1.